The maximum Gasteiger partial charge on any atom is 0.305 e. The number of hydrogen-bond acceptors (Lipinski definition) is 4. The maximum absolute atomic E-state index is 11.0. The lowest BCUT2D eigenvalue weighted by Crippen LogP contribution is -2.20. The smallest absolute Gasteiger partial charge is 0.305 e. The number of epoxide rings is 1. The number of carbonyl (C=O) groups excluding carboxylic acids is 1. The molecule has 3 atom stereocenters. The van der Waals surface area contributed by atoms with Gasteiger partial charge in [0.25, 0.3) is 0 Å². The number of ether oxygens (including phenoxy) is 2. The molecule has 4 heteroatoms. The van der Waals surface area contributed by atoms with Crippen molar-refractivity contribution < 1.29 is 19.4 Å². The van der Waals surface area contributed by atoms with Gasteiger partial charge in [-0.2, -0.15) is 0 Å². The third-order valence-electron chi connectivity index (χ3n) is 4.65. The van der Waals surface area contributed by atoms with E-state index in [-0.39, 0.29) is 12.1 Å². The van der Waals surface area contributed by atoms with Crippen molar-refractivity contribution in [2.75, 3.05) is 7.11 Å². The van der Waals surface area contributed by atoms with E-state index in [0.717, 1.165) is 44.9 Å². The van der Waals surface area contributed by atoms with E-state index in [2.05, 4.69) is 11.7 Å². The van der Waals surface area contributed by atoms with Gasteiger partial charge in [0, 0.05) is 6.42 Å². The molecule has 4 nitrogen and oxygen atoms in total. The van der Waals surface area contributed by atoms with Crippen LogP contribution in [0.15, 0.2) is 12.2 Å². The second kappa shape index (κ2) is 11.6. The Kier molecular flexibility index (Phi) is 10.3. The van der Waals surface area contributed by atoms with Crippen molar-refractivity contribution in [3.8, 4) is 0 Å². The predicted octanol–water partition coefficient (Wildman–Crippen LogP) is 4.55. The van der Waals surface area contributed by atoms with Crippen molar-refractivity contribution in [1.82, 2.24) is 0 Å². The Morgan fingerprint density at radius 1 is 1.17 bits per heavy atom. The summed E-state index contributed by atoms with van der Waals surface area (Å²) < 4.78 is 10.2. The van der Waals surface area contributed by atoms with Gasteiger partial charge in [0.05, 0.1) is 18.8 Å². The number of hydrogen-bond donors (Lipinski definition) is 1. The van der Waals surface area contributed by atoms with Gasteiger partial charge in [-0.15, -0.1) is 0 Å². The summed E-state index contributed by atoms with van der Waals surface area (Å²) in [4.78, 5) is 11.0. The van der Waals surface area contributed by atoms with Gasteiger partial charge in [0.2, 0.25) is 0 Å². The van der Waals surface area contributed by atoms with Gasteiger partial charge in [-0.3, -0.25) is 4.79 Å². The number of unbranched alkanes of at least 4 members (excludes halogenated alkanes) is 6. The summed E-state index contributed by atoms with van der Waals surface area (Å²) in [5.74, 6) is -0.127. The Labute approximate surface area is 147 Å². The van der Waals surface area contributed by atoms with Gasteiger partial charge >= 0.3 is 5.97 Å². The molecule has 3 unspecified atom stereocenters. The molecule has 0 aromatic heterocycles. The molecule has 1 aliphatic heterocycles. The fourth-order valence-corrected chi connectivity index (χ4v) is 2.92. The van der Waals surface area contributed by atoms with Crippen molar-refractivity contribution in [3.05, 3.63) is 12.2 Å². The van der Waals surface area contributed by atoms with Crippen molar-refractivity contribution >= 4 is 5.97 Å². The highest BCUT2D eigenvalue weighted by Crippen LogP contribution is 2.29. The fraction of sp³-hybridized carbons (Fsp3) is 0.850. The standard InChI is InChI=1S/C20H36O4/c1-4-5-9-12-17-18(24-17)14-16-20(2,22)15-11-8-6-7-10-13-19(21)23-3/h14,16-18,22H,4-13,15H2,1-3H3/b16-14+. The molecule has 1 aliphatic rings. The minimum atomic E-state index is -0.744. The molecular formula is C20H36O4. The Bertz CT molecular complexity index is 376. The van der Waals surface area contributed by atoms with Gasteiger partial charge in [-0.25, -0.2) is 0 Å². The lowest BCUT2D eigenvalue weighted by Gasteiger charge is -2.18. The highest BCUT2D eigenvalue weighted by Gasteiger charge is 2.36. The van der Waals surface area contributed by atoms with Crippen molar-refractivity contribution in [2.45, 2.75) is 102 Å². The topological polar surface area (TPSA) is 59.1 Å². The number of methoxy groups -OCH3 is 1. The molecule has 0 aliphatic carbocycles. The molecule has 140 valence electrons. The van der Waals surface area contributed by atoms with Crippen molar-refractivity contribution in [2.24, 2.45) is 0 Å². The van der Waals surface area contributed by atoms with Crippen LogP contribution in [-0.4, -0.2) is 36.0 Å². The van der Waals surface area contributed by atoms with Crippen LogP contribution >= 0.6 is 0 Å². The zero-order valence-corrected chi connectivity index (χ0v) is 15.8. The second-order valence-electron chi connectivity index (χ2n) is 7.20. The third kappa shape index (κ3) is 10.1. The highest BCUT2D eigenvalue weighted by molar-refractivity contribution is 5.68. The molecule has 0 aromatic carbocycles. The van der Waals surface area contributed by atoms with Crippen LogP contribution < -0.4 is 0 Å². The molecule has 1 fully saturated rings. The Morgan fingerprint density at radius 2 is 1.88 bits per heavy atom. The van der Waals surface area contributed by atoms with E-state index in [9.17, 15) is 9.90 Å². The van der Waals surface area contributed by atoms with Crippen LogP contribution in [0.25, 0.3) is 0 Å². The number of esters is 1. The van der Waals surface area contributed by atoms with Crippen LogP contribution in [0.5, 0.6) is 0 Å². The summed E-state index contributed by atoms with van der Waals surface area (Å²) in [5, 5.41) is 10.4. The van der Waals surface area contributed by atoms with E-state index in [1.54, 1.807) is 0 Å². The van der Waals surface area contributed by atoms with E-state index >= 15 is 0 Å². The van der Waals surface area contributed by atoms with Crippen molar-refractivity contribution in [3.63, 3.8) is 0 Å². The molecule has 1 N–H and O–H groups in total. The fourth-order valence-electron chi connectivity index (χ4n) is 2.92. The van der Waals surface area contributed by atoms with E-state index < -0.39 is 5.60 Å². The first-order valence-electron chi connectivity index (χ1n) is 9.62. The van der Waals surface area contributed by atoms with Gasteiger partial charge in [0.15, 0.2) is 0 Å². The Hall–Kier alpha value is -0.870. The average molecular weight is 341 g/mol. The highest BCUT2D eigenvalue weighted by atomic mass is 16.6. The summed E-state index contributed by atoms with van der Waals surface area (Å²) in [7, 11) is 1.43. The summed E-state index contributed by atoms with van der Waals surface area (Å²) in [6, 6.07) is 0. The molecule has 0 spiro atoms. The zero-order chi connectivity index (χ0) is 17.8. The normalized spacial score (nSPS) is 22.5. The molecule has 24 heavy (non-hydrogen) atoms. The average Bonchev–Trinajstić information content (AvgIpc) is 3.30. The van der Waals surface area contributed by atoms with Crippen LogP contribution in [0.3, 0.4) is 0 Å². The monoisotopic (exact) mass is 340 g/mol. The lowest BCUT2D eigenvalue weighted by molar-refractivity contribution is -0.140. The molecule has 0 saturated carbocycles. The molecular weight excluding hydrogens is 304 g/mol. The maximum atomic E-state index is 11.0. The van der Waals surface area contributed by atoms with Gasteiger partial charge in [0.1, 0.15) is 6.10 Å². The van der Waals surface area contributed by atoms with Gasteiger partial charge in [-0.1, -0.05) is 64.0 Å². The Morgan fingerprint density at radius 3 is 2.58 bits per heavy atom. The summed E-state index contributed by atoms with van der Waals surface area (Å²) >= 11 is 0. The van der Waals surface area contributed by atoms with E-state index in [1.807, 2.05) is 19.1 Å². The minimum absolute atomic E-state index is 0.127. The minimum Gasteiger partial charge on any atom is -0.469 e. The van der Waals surface area contributed by atoms with Gasteiger partial charge in [-0.05, 0) is 26.2 Å². The SMILES string of the molecule is CCCCCC1OC1/C=C/C(C)(O)CCCCCCCC(=O)OC. The van der Waals surface area contributed by atoms with E-state index in [1.165, 1.54) is 26.4 Å². The first kappa shape index (κ1) is 21.2. The first-order valence-corrected chi connectivity index (χ1v) is 9.62. The quantitative estimate of drug-likeness (QED) is 0.218. The summed E-state index contributed by atoms with van der Waals surface area (Å²) in [6.45, 7) is 4.08. The number of carbonyl (C=O) groups is 1. The molecule has 0 radical (unpaired) electrons. The Balaban J connectivity index is 2.03. The molecule has 1 rings (SSSR count). The lowest BCUT2D eigenvalue weighted by atomic mass is 9.96. The van der Waals surface area contributed by atoms with Gasteiger partial charge < -0.3 is 14.6 Å². The molecule has 0 amide bonds. The first-order chi connectivity index (χ1) is 11.5. The molecule has 1 saturated heterocycles. The largest absolute Gasteiger partial charge is 0.469 e. The third-order valence-corrected chi connectivity index (χ3v) is 4.65. The van der Waals surface area contributed by atoms with Crippen molar-refractivity contribution in [1.29, 1.82) is 0 Å². The van der Waals surface area contributed by atoms with Crippen LogP contribution in [0.1, 0.15) is 84.5 Å². The van der Waals surface area contributed by atoms with Crippen LogP contribution in [-0.2, 0) is 14.3 Å². The summed E-state index contributed by atoms with van der Waals surface area (Å²) in [6.07, 6.45) is 15.8. The number of aliphatic hydroxyl groups is 1. The second-order valence-corrected chi connectivity index (χ2v) is 7.20. The predicted molar refractivity (Wildman–Crippen MR) is 96.9 cm³/mol. The van der Waals surface area contributed by atoms with E-state index in [4.69, 9.17) is 4.74 Å². The number of rotatable bonds is 14. The molecule has 1 heterocycles. The van der Waals surface area contributed by atoms with Crippen LogP contribution in [0, 0.1) is 0 Å². The van der Waals surface area contributed by atoms with Crippen LogP contribution in [0.2, 0.25) is 0 Å². The molecule has 0 bridgehead atoms. The molecule has 0 aromatic rings. The van der Waals surface area contributed by atoms with E-state index in [0.29, 0.717) is 12.5 Å². The zero-order valence-electron chi connectivity index (χ0n) is 15.8. The van der Waals surface area contributed by atoms with Crippen LogP contribution in [0.4, 0.5) is 0 Å². The summed E-state index contributed by atoms with van der Waals surface area (Å²) in [5.41, 5.74) is -0.744.